The van der Waals surface area contributed by atoms with E-state index < -0.39 is 0 Å². The van der Waals surface area contributed by atoms with Gasteiger partial charge in [-0.1, -0.05) is 17.7 Å². The van der Waals surface area contributed by atoms with Gasteiger partial charge in [-0.05, 0) is 48.9 Å². The summed E-state index contributed by atoms with van der Waals surface area (Å²) in [5.74, 6) is 0.849. The van der Waals surface area contributed by atoms with Gasteiger partial charge in [-0.15, -0.1) is 0 Å². The van der Waals surface area contributed by atoms with Gasteiger partial charge in [0.15, 0.2) is 0 Å². The smallest absolute Gasteiger partial charge is 0.217 e. The Labute approximate surface area is 140 Å². The van der Waals surface area contributed by atoms with Gasteiger partial charge in [0.1, 0.15) is 5.82 Å². The van der Waals surface area contributed by atoms with Crippen molar-refractivity contribution in [2.45, 2.75) is 19.9 Å². The van der Waals surface area contributed by atoms with Crippen molar-refractivity contribution in [2.24, 2.45) is 7.05 Å². The molecule has 5 heteroatoms. The van der Waals surface area contributed by atoms with Crippen molar-refractivity contribution in [1.82, 2.24) is 14.9 Å². The summed E-state index contributed by atoms with van der Waals surface area (Å²) in [7, 11) is 2.00. The van der Waals surface area contributed by atoms with Gasteiger partial charge >= 0.3 is 0 Å². The monoisotopic (exact) mass is 327 g/mol. The number of nitrogens with zero attached hydrogens (tertiary/aromatic N) is 2. The first-order valence-corrected chi connectivity index (χ1v) is 7.83. The van der Waals surface area contributed by atoms with Crippen molar-refractivity contribution >= 4 is 28.5 Å². The number of aryl methyl sites for hydroxylation is 1. The maximum atomic E-state index is 11.2. The number of halogens is 1. The molecular formula is C18H18ClN3O. The lowest BCUT2D eigenvalue weighted by molar-refractivity contribution is -0.119. The molecule has 2 aromatic carbocycles. The highest BCUT2D eigenvalue weighted by molar-refractivity contribution is 6.30. The van der Waals surface area contributed by atoms with Gasteiger partial charge in [0, 0.05) is 24.6 Å². The predicted octanol–water partition coefficient (Wildman–Crippen LogP) is 4.09. The van der Waals surface area contributed by atoms with E-state index in [0.717, 1.165) is 28.0 Å². The van der Waals surface area contributed by atoms with Crippen LogP contribution in [0.4, 0.5) is 0 Å². The fourth-order valence-electron chi connectivity index (χ4n) is 2.73. The molecule has 0 aliphatic carbocycles. The van der Waals surface area contributed by atoms with Crippen molar-refractivity contribution in [2.75, 3.05) is 0 Å². The Balaban J connectivity index is 2.04. The zero-order valence-electron chi connectivity index (χ0n) is 13.3. The van der Waals surface area contributed by atoms with E-state index in [0.29, 0.717) is 5.02 Å². The van der Waals surface area contributed by atoms with Crippen LogP contribution in [0.3, 0.4) is 0 Å². The average Bonchev–Trinajstić information content (AvgIpc) is 2.84. The van der Waals surface area contributed by atoms with Crippen LogP contribution in [0.25, 0.3) is 22.4 Å². The zero-order chi connectivity index (χ0) is 16.6. The highest BCUT2D eigenvalue weighted by Gasteiger charge is 2.13. The molecular weight excluding hydrogens is 310 g/mol. The van der Waals surface area contributed by atoms with E-state index in [1.165, 1.54) is 6.92 Å². The lowest BCUT2D eigenvalue weighted by Crippen LogP contribution is -2.23. The standard InChI is InChI=1S/C18H18ClN3O/c1-11(20-12(2)23)14-6-9-17-16(10-14)21-18(22(17)3)13-4-7-15(19)8-5-13/h4-11H,1-3H3,(H,20,23). The second-order valence-corrected chi connectivity index (χ2v) is 6.11. The molecule has 23 heavy (non-hydrogen) atoms. The molecule has 0 spiro atoms. The van der Waals surface area contributed by atoms with Gasteiger partial charge in [0.25, 0.3) is 0 Å². The van der Waals surface area contributed by atoms with Crippen LogP contribution in [0.5, 0.6) is 0 Å². The van der Waals surface area contributed by atoms with E-state index in [9.17, 15) is 4.79 Å². The molecule has 0 aliphatic heterocycles. The number of aromatic nitrogens is 2. The van der Waals surface area contributed by atoms with Crippen LogP contribution in [0.1, 0.15) is 25.5 Å². The topological polar surface area (TPSA) is 46.9 Å². The maximum Gasteiger partial charge on any atom is 0.217 e. The minimum atomic E-state index is -0.0436. The van der Waals surface area contributed by atoms with E-state index in [1.807, 2.05) is 56.4 Å². The molecule has 3 aromatic rings. The fourth-order valence-corrected chi connectivity index (χ4v) is 2.86. The van der Waals surface area contributed by atoms with Crippen LogP contribution in [0, 0.1) is 0 Å². The highest BCUT2D eigenvalue weighted by atomic mass is 35.5. The van der Waals surface area contributed by atoms with E-state index in [4.69, 9.17) is 16.6 Å². The minimum absolute atomic E-state index is 0.0412. The van der Waals surface area contributed by atoms with Crippen LogP contribution in [0.15, 0.2) is 42.5 Å². The van der Waals surface area contributed by atoms with Crippen LogP contribution < -0.4 is 5.32 Å². The van der Waals surface area contributed by atoms with Crippen molar-refractivity contribution in [3.05, 3.63) is 53.1 Å². The van der Waals surface area contributed by atoms with Crippen molar-refractivity contribution in [3.8, 4) is 11.4 Å². The predicted molar refractivity (Wildman–Crippen MR) is 93.4 cm³/mol. The first-order valence-electron chi connectivity index (χ1n) is 7.45. The molecule has 0 saturated carbocycles. The Bertz CT molecular complexity index is 868. The summed E-state index contributed by atoms with van der Waals surface area (Å²) in [5, 5.41) is 3.60. The van der Waals surface area contributed by atoms with Gasteiger partial charge in [0.05, 0.1) is 17.1 Å². The van der Waals surface area contributed by atoms with E-state index in [-0.39, 0.29) is 11.9 Å². The number of imidazole rings is 1. The molecule has 3 rings (SSSR count). The fraction of sp³-hybridized carbons (Fsp3) is 0.222. The highest BCUT2D eigenvalue weighted by Crippen LogP contribution is 2.26. The number of rotatable bonds is 3. The molecule has 1 amide bonds. The lowest BCUT2D eigenvalue weighted by atomic mass is 10.1. The third kappa shape index (κ3) is 3.08. The normalized spacial score (nSPS) is 12.3. The molecule has 1 heterocycles. The van der Waals surface area contributed by atoms with Crippen molar-refractivity contribution in [3.63, 3.8) is 0 Å². The molecule has 0 aliphatic rings. The molecule has 0 bridgehead atoms. The summed E-state index contributed by atoms with van der Waals surface area (Å²) in [6.45, 7) is 3.49. The summed E-state index contributed by atoms with van der Waals surface area (Å²) in [6.07, 6.45) is 0. The number of amides is 1. The maximum absolute atomic E-state index is 11.2. The Morgan fingerprint density at radius 3 is 2.57 bits per heavy atom. The summed E-state index contributed by atoms with van der Waals surface area (Å²) in [5.41, 5.74) is 4.01. The number of nitrogens with one attached hydrogen (secondary N) is 1. The van der Waals surface area contributed by atoms with Gasteiger partial charge in [-0.25, -0.2) is 4.98 Å². The van der Waals surface area contributed by atoms with Crippen molar-refractivity contribution in [1.29, 1.82) is 0 Å². The summed E-state index contributed by atoms with van der Waals surface area (Å²) >= 11 is 5.95. The first kappa shape index (κ1) is 15.6. The average molecular weight is 328 g/mol. The van der Waals surface area contributed by atoms with Gasteiger partial charge in [-0.3, -0.25) is 4.79 Å². The molecule has 0 saturated heterocycles. The van der Waals surface area contributed by atoms with Gasteiger partial charge in [0.2, 0.25) is 5.91 Å². The Hall–Kier alpha value is -2.33. The largest absolute Gasteiger partial charge is 0.350 e. The Morgan fingerprint density at radius 1 is 1.22 bits per heavy atom. The minimum Gasteiger partial charge on any atom is -0.350 e. The third-order valence-corrected chi connectivity index (χ3v) is 4.18. The Kier molecular flexibility index (Phi) is 4.09. The molecule has 1 atom stereocenters. The Morgan fingerprint density at radius 2 is 1.91 bits per heavy atom. The van der Waals surface area contributed by atoms with E-state index >= 15 is 0 Å². The molecule has 1 unspecified atom stereocenters. The van der Waals surface area contributed by atoms with Crippen LogP contribution >= 0.6 is 11.6 Å². The number of benzene rings is 2. The van der Waals surface area contributed by atoms with Crippen LogP contribution in [-0.4, -0.2) is 15.5 Å². The third-order valence-electron chi connectivity index (χ3n) is 3.93. The number of hydrogen-bond donors (Lipinski definition) is 1. The number of fused-ring (bicyclic) bond motifs is 1. The number of carbonyl (C=O) groups excluding carboxylic acids is 1. The summed E-state index contributed by atoms with van der Waals surface area (Å²) < 4.78 is 2.06. The molecule has 1 N–H and O–H groups in total. The molecule has 0 fully saturated rings. The second kappa shape index (κ2) is 6.05. The second-order valence-electron chi connectivity index (χ2n) is 5.67. The van der Waals surface area contributed by atoms with Gasteiger partial charge in [-0.2, -0.15) is 0 Å². The van der Waals surface area contributed by atoms with Gasteiger partial charge < -0.3 is 9.88 Å². The number of carbonyl (C=O) groups is 1. The summed E-state index contributed by atoms with van der Waals surface area (Å²) in [4.78, 5) is 16.0. The van der Waals surface area contributed by atoms with E-state index in [2.05, 4.69) is 9.88 Å². The first-order chi connectivity index (χ1) is 11.0. The van der Waals surface area contributed by atoms with Crippen LogP contribution in [-0.2, 0) is 11.8 Å². The molecule has 4 nitrogen and oxygen atoms in total. The molecule has 118 valence electrons. The molecule has 0 radical (unpaired) electrons. The quantitative estimate of drug-likeness (QED) is 0.787. The van der Waals surface area contributed by atoms with Crippen LogP contribution in [0.2, 0.25) is 5.02 Å². The lowest BCUT2D eigenvalue weighted by Gasteiger charge is -2.12. The zero-order valence-corrected chi connectivity index (χ0v) is 14.1. The van der Waals surface area contributed by atoms with E-state index in [1.54, 1.807) is 0 Å². The molecule has 1 aromatic heterocycles. The summed E-state index contributed by atoms with van der Waals surface area (Å²) in [6, 6.07) is 13.7. The number of hydrogen-bond acceptors (Lipinski definition) is 2. The van der Waals surface area contributed by atoms with Crippen molar-refractivity contribution < 1.29 is 4.79 Å². The SMILES string of the molecule is CC(=O)NC(C)c1ccc2c(c1)nc(-c1ccc(Cl)cc1)n2C.